The minimum Gasteiger partial charge on any atom is -0.493 e. The summed E-state index contributed by atoms with van der Waals surface area (Å²) in [5.74, 6) is -0.253. The molecule has 0 aromatic heterocycles. The average Bonchev–Trinajstić information content (AvgIpc) is 2.16. The highest BCUT2D eigenvalue weighted by atomic mass is 35.5. The number of halogens is 2. The number of nitrogens with one attached hydrogen (secondary N) is 1. The number of aliphatic hydroxyl groups is 1. The van der Waals surface area contributed by atoms with Crippen LogP contribution in [0.15, 0.2) is 12.1 Å². The maximum atomic E-state index is 11.3. The van der Waals surface area contributed by atoms with Crippen molar-refractivity contribution in [2.45, 2.75) is 13.0 Å². The molecule has 1 aromatic rings. The molecule has 0 aliphatic carbocycles. The number of rotatable bonds is 3. The first-order valence-electron chi connectivity index (χ1n) is 4.47. The van der Waals surface area contributed by atoms with Gasteiger partial charge in [-0.3, -0.25) is 4.79 Å². The van der Waals surface area contributed by atoms with Crippen LogP contribution in [0.1, 0.15) is 6.92 Å². The summed E-state index contributed by atoms with van der Waals surface area (Å²) in [5.41, 5.74) is 0.325. The van der Waals surface area contributed by atoms with Crippen LogP contribution in [-0.2, 0) is 4.79 Å². The molecule has 1 atom stereocenters. The van der Waals surface area contributed by atoms with Gasteiger partial charge in [0.25, 0.3) is 5.91 Å². The third kappa shape index (κ3) is 3.01. The Labute approximate surface area is 103 Å². The molecule has 0 spiro atoms. The van der Waals surface area contributed by atoms with Gasteiger partial charge in [0.1, 0.15) is 6.10 Å². The first-order chi connectivity index (χ1) is 7.45. The van der Waals surface area contributed by atoms with Gasteiger partial charge in [-0.1, -0.05) is 23.2 Å². The van der Waals surface area contributed by atoms with Crippen molar-refractivity contribution in [2.75, 3.05) is 12.4 Å². The lowest BCUT2D eigenvalue weighted by Gasteiger charge is -2.13. The van der Waals surface area contributed by atoms with Crippen molar-refractivity contribution in [3.8, 4) is 5.75 Å². The molecule has 6 heteroatoms. The van der Waals surface area contributed by atoms with E-state index in [0.29, 0.717) is 16.5 Å². The van der Waals surface area contributed by atoms with E-state index >= 15 is 0 Å². The van der Waals surface area contributed by atoms with Gasteiger partial charge in [0.2, 0.25) is 0 Å². The summed E-state index contributed by atoms with van der Waals surface area (Å²) in [4.78, 5) is 11.3. The van der Waals surface area contributed by atoms with E-state index in [1.807, 2.05) is 0 Å². The van der Waals surface area contributed by atoms with Gasteiger partial charge in [-0.2, -0.15) is 0 Å². The molecule has 1 unspecified atom stereocenters. The van der Waals surface area contributed by atoms with Crippen LogP contribution in [0, 0.1) is 0 Å². The standard InChI is InChI=1S/C10H11Cl2NO3/c1-5(14)10(15)13-8-4-6(11)3-7(12)9(8)16-2/h3-5,14H,1-2H3,(H,13,15). The summed E-state index contributed by atoms with van der Waals surface area (Å²) in [5, 5.41) is 12.2. The van der Waals surface area contributed by atoms with Crippen molar-refractivity contribution >= 4 is 34.8 Å². The zero-order valence-corrected chi connectivity index (χ0v) is 10.3. The fourth-order valence-corrected chi connectivity index (χ4v) is 1.67. The van der Waals surface area contributed by atoms with Crippen LogP contribution < -0.4 is 10.1 Å². The Hall–Kier alpha value is -0.970. The van der Waals surface area contributed by atoms with Crippen LogP contribution in [0.4, 0.5) is 5.69 Å². The van der Waals surface area contributed by atoms with Gasteiger partial charge in [0.15, 0.2) is 5.75 Å². The second-order valence-electron chi connectivity index (χ2n) is 3.13. The molecule has 0 fully saturated rings. The summed E-state index contributed by atoms with van der Waals surface area (Å²) in [6.07, 6.45) is -1.12. The Balaban J connectivity index is 3.07. The molecule has 4 nitrogen and oxygen atoms in total. The number of hydrogen-bond acceptors (Lipinski definition) is 3. The smallest absolute Gasteiger partial charge is 0.253 e. The molecule has 16 heavy (non-hydrogen) atoms. The molecule has 0 saturated carbocycles. The van der Waals surface area contributed by atoms with Crippen LogP contribution in [-0.4, -0.2) is 24.2 Å². The number of benzene rings is 1. The fraction of sp³-hybridized carbons (Fsp3) is 0.300. The van der Waals surface area contributed by atoms with Gasteiger partial charge >= 0.3 is 0 Å². The molecule has 1 amide bonds. The number of carbonyl (C=O) groups excluding carboxylic acids is 1. The van der Waals surface area contributed by atoms with Crippen molar-refractivity contribution < 1.29 is 14.6 Å². The van der Waals surface area contributed by atoms with Crippen LogP contribution in [0.5, 0.6) is 5.75 Å². The Bertz CT molecular complexity index is 407. The van der Waals surface area contributed by atoms with E-state index in [1.54, 1.807) is 0 Å². The molecule has 88 valence electrons. The quantitative estimate of drug-likeness (QED) is 0.880. The van der Waals surface area contributed by atoms with Crippen LogP contribution in [0.2, 0.25) is 10.0 Å². The largest absolute Gasteiger partial charge is 0.493 e. The second-order valence-corrected chi connectivity index (χ2v) is 3.98. The Kier molecular flexibility index (Phi) is 4.41. The lowest BCUT2D eigenvalue weighted by Crippen LogP contribution is -2.24. The van der Waals surface area contributed by atoms with Crippen LogP contribution in [0.3, 0.4) is 0 Å². The molecule has 0 bridgehead atoms. The van der Waals surface area contributed by atoms with Gasteiger partial charge in [0, 0.05) is 5.02 Å². The number of ether oxygens (including phenoxy) is 1. The topological polar surface area (TPSA) is 58.6 Å². The van der Waals surface area contributed by atoms with Gasteiger partial charge in [-0.05, 0) is 19.1 Å². The molecular weight excluding hydrogens is 253 g/mol. The molecule has 0 saturated heterocycles. The summed E-state index contributed by atoms with van der Waals surface area (Å²) in [6.45, 7) is 1.36. The number of anilines is 1. The van der Waals surface area contributed by atoms with Crippen molar-refractivity contribution in [3.05, 3.63) is 22.2 Å². The highest BCUT2D eigenvalue weighted by molar-refractivity contribution is 6.36. The predicted molar refractivity (Wildman–Crippen MR) is 63.3 cm³/mol. The molecule has 0 aliphatic heterocycles. The third-order valence-electron chi connectivity index (χ3n) is 1.85. The van der Waals surface area contributed by atoms with E-state index < -0.39 is 12.0 Å². The SMILES string of the molecule is COc1c(Cl)cc(Cl)cc1NC(=O)C(C)O. The lowest BCUT2D eigenvalue weighted by atomic mass is 10.2. The monoisotopic (exact) mass is 263 g/mol. The maximum absolute atomic E-state index is 11.3. The number of hydrogen-bond donors (Lipinski definition) is 2. The molecule has 0 aliphatic rings. The molecule has 0 heterocycles. The normalized spacial score (nSPS) is 12.1. The van der Waals surface area contributed by atoms with E-state index in [-0.39, 0.29) is 5.02 Å². The second kappa shape index (κ2) is 5.39. The van der Waals surface area contributed by atoms with Gasteiger partial charge in [0.05, 0.1) is 17.8 Å². The van der Waals surface area contributed by atoms with E-state index in [1.165, 1.54) is 26.2 Å². The molecule has 1 rings (SSSR count). The first-order valence-corrected chi connectivity index (χ1v) is 5.23. The maximum Gasteiger partial charge on any atom is 0.253 e. The molecule has 1 aromatic carbocycles. The highest BCUT2D eigenvalue weighted by Gasteiger charge is 2.15. The Morgan fingerprint density at radius 2 is 2.12 bits per heavy atom. The Morgan fingerprint density at radius 3 is 2.62 bits per heavy atom. The zero-order valence-electron chi connectivity index (χ0n) is 8.75. The van der Waals surface area contributed by atoms with Crippen molar-refractivity contribution in [1.29, 1.82) is 0 Å². The minimum atomic E-state index is -1.12. The summed E-state index contributed by atoms with van der Waals surface area (Å²) >= 11 is 11.7. The fourth-order valence-electron chi connectivity index (χ4n) is 1.10. The number of aliphatic hydroxyl groups excluding tert-OH is 1. The molecular formula is C10H11Cl2NO3. The lowest BCUT2D eigenvalue weighted by molar-refractivity contribution is -0.123. The summed E-state index contributed by atoms with van der Waals surface area (Å²) in [6, 6.07) is 2.99. The summed E-state index contributed by atoms with van der Waals surface area (Å²) in [7, 11) is 1.42. The van der Waals surface area contributed by atoms with Crippen molar-refractivity contribution in [3.63, 3.8) is 0 Å². The van der Waals surface area contributed by atoms with Gasteiger partial charge in [-0.25, -0.2) is 0 Å². The minimum absolute atomic E-state index is 0.288. The van der Waals surface area contributed by atoms with Gasteiger partial charge in [-0.15, -0.1) is 0 Å². The predicted octanol–water partition coefficient (Wildman–Crippen LogP) is 2.32. The van der Waals surface area contributed by atoms with Crippen LogP contribution >= 0.6 is 23.2 Å². The van der Waals surface area contributed by atoms with Gasteiger partial charge < -0.3 is 15.2 Å². The van der Waals surface area contributed by atoms with E-state index in [9.17, 15) is 4.79 Å². The highest BCUT2D eigenvalue weighted by Crippen LogP contribution is 2.35. The number of methoxy groups -OCH3 is 1. The number of carbonyl (C=O) groups is 1. The zero-order chi connectivity index (χ0) is 12.3. The van der Waals surface area contributed by atoms with Crippen molar-refractivity contribution in [1.82, 2.24) is 0 Å². The average molecular weight is 264 g/mol. The van der Waals surface area contributed by atoms with E-state index in [2.05, 4.69) is 5.32 Å². The van der Waals surface area contributed by atoms with E-state index in [4.69, 9.17) is 33.0 Å². The number of amides is 1. The van der Waals surface area contributed by atoms with E-state index in [0.717, 1.165) is 0 Å². The summed E-state index contributed by atoms with van der Waals surface area (Å²) < 4.78 is 5.02. The molecule has 2 N–H and O–H groups in total. The molecule has 0 radical (unpaired) electrons. The van der Waals surface area contributed by atoms with Crippen molar-refractivity contribution in [2.24, 2.45) is 0 Å². The Morgan fingerprint density at radius 1 is 1.50 bits per heavy atom. The third-order valence-corrected chi connectivity index (χ3v) is 2.35. The van der Waals surface area contributed by atoms with Crippen LogP contribution in [0.25, 0.3) is 0 Å². The first kappa shape index (κ1) is 13.1.